The van der Waals surface area contributed by atoms with Crippen LogP contribution >= 0.6 is 0 Å². The highest BCUT2D eigenvalue weighted by atomic mass is 16.5. The van der Waals surface area contributed by atoms with E-state index in [1.54, 1.807) is 6.20 Å². The van der Waals surface area contributed by atoms with Crippen LogP contribution in [0.25, 0.3) is 0 Å². The number of likely N-dealkylation sites (tertiary alicyclic amines) is 1. The van der Waals surface area contributed by atoms with Crippen molar-refractivity contribution in [2.45, 2.75) is 70.9 Å². The Labute approximate surface area is 231 Å². The first-order valence-corrected chi connectivity index (χ1v) is 14.4. The number of benzene rings is 1. The summed E-state index contributed by atoms with van der Waals surface area (Å²) in [7, 11) is 1.93. The molecule has 39 heavy (non-hydrogen) atoms. The van der Waals surface area contributed by atoms with E-state index in [1.165, 1.54) is 6.42 Å². The minimum absolute atomic E-state index is 0.251. The molecule has 2 aromatic heterocycles. The molecule has 0 unspecified atom stereocenters. The van der Waals surface area contributed by atoms with Gasteiger partial charge in [-0.2, -0.15) is 5.10 Å². The number of hydrogen-bond acceptors (Lipinski definition) is 6. The molecule has 1 saturated heterocycles. The predicted molar refractivity (Wildman–Crippen MR) is 151 cm³/mol. The topological polar surface area (TPSA) is 72.7 Å². The number of nitrogens with zero attached hydrogens (tertiary/aromatic N) is 5. The zero-order valence-electron chi connectivity index (χ0n) is 23.3. The first-order chi connectivity index (χ1) is 19.1. The fourth-order valence-electron chi connectivity index (χ4n) is 5.73. The Morgan fingerprint density at radius 1 is 1.00 bits per heavy atom. The average Bonchev–Trinajstić information content (AvgIpc) is 3.28. The summed E-state index contributed by atoms with van der Waals surface area (Å²) in [6.45, 7) is 6.14. The van der Waals surface area contributed by atoms with Gasteiger partial charge in [0.25, 0.3) is 0 Å². The first-order valence-electron chi connectivity index (χ1n) is 14.4. The Hall–Kier alpha value is -3.39. The lowest BCUT2D eigenvalue weighted by Gasteiger charge is -2.39. The van der Waals surface area contributed by atoms with Crippen LogP contribution in [0.4, 0.5) is 0 Å². The Balaban J connectivity index is 1.24. The second-order valence-corrected chi connectivity index (χ2v) is 10.8. The molecule has 0 N–H and O–H groups in total. The molecule has 2 aliphatic heterocycles. The van der Waals surface area contributed by atoms with Crippen LogP contribution in [0.1, 0.15) is 61.8 Å². The number of aromatic nitrogens is 3. The van der Waals surface area contributed by atoms with E-state index in [-0.39, 0.29) is 5.91 Å². The summed E-state index contributed by atoms with van der Waals surface area (Å²) >= 11 is 0. The molecular formula is C31H41N5O3. The van der Waals surface area contributed by atoms with Crippen LogP contribution in [-0.4, -0.2) is 62.8 Å². The van der Waals surface area contributed by atoms with Crippen LogP contribution in [0.5, 0.6) is 17.4 Å². The van der Waals surface area contributed by atoms with Crippen LogP contribution in [0, 0.1) is 6.92 Å². The number of para-hydroxylation sites is 2. The van der Waals surface area contributed by atoms with Crippen molar-refractivity contribution in [1.82, 2.24) is 24.6 Å². The van der Waals surface area contributed by atoms with Crippen LogP contribution < -0.4 is 9.47 Å². The van der Waals surface area contributed by atoms with E-state index >= 15 is 0 Å². The summed E-state index contributed by atoms with van der Waals surface area (Å²) in [6.07, 6.45) is 11.6. The van der Waals surface area contributed by atoms with E-state index in [4.69, 9.17) is 9.47 Å². The van der Waals surface area contributed by atoms with Crippen molar-refractivity contribution in [3.63, 3.8) is 0 Å². The maximum absolute atomic E-state index is 13.0. The van der Waals surface area contributed by atoms with E-state index in [0.29, 0.717) is 30.7 Å². The molecule has 5 rings (SSSR count). The zero-order chi connectivity index (χ0) is 27.0. The third-order valence-corrected chi connectivity index (χ3v) is 7.93. The second kappa shape index (κ2) is 13.1. The van der Waals surface area contributed by atoms with Crippen LogP contribution in [-0.2, 0) is 24.8 Å². The standard InChI is InChI=1S/C31H41N5O3/c1-24-25(22-34(2)33-24)13-14-30(37)35-19-15-27(16-20-35)36-18-7-3-4-8-21-38-28-11-5-6-12-29(28)39-31-26(23-36)10-9-17-32-31/h5-6,9-12,17,22,27H,3-4,7-8,13-16,18-21,23H2,1-2H3. The van der Waals surface area contributed by atoms with Crippen LogP contribution in [0.2, 0.25) is 0 Å². The maximum atomic E-state index is 13.0. The molecule has 0 spiro atoms. The lowest BCUT2D eigenvalue weighted by molar-refractivity contribution is -0.132. The Morgan fingerprint density at radius 2 is 1.79 bits per heavy atom. The lowest BCUT2D eigenvalue weighted by Crippen LogP contribution is -2.46. The zero-order valence-corrected chi connectivity index (χ0v) is 23.3. The molecule has 1 aromatic carbocycles. The van der Waals surface area contributed by atoms with Gasteiger partial charge in [-0.15, -0.1) is 0 Å². The molecular weight excluding hydrogens is 490 g/mol. The molecule has 8 nitrogen and oxygen atoms in total. The summed E-state index contributed by atoms with van der Waals surface area (Å²) < 4.78 is 14.2. The second-order valence-electron chi connectivity index (χ2n) is 10.8. The number of ether oxygens (including phenoxy) is 2. The summed E-state index contributed by atoms with van der Waals surface area (Å²) in [4.78, 5) is 22.2. The van der Waals surface area contributed by atoms with Gasteiger partial charge in [0.1, 0.15) is 0 Å². The number of fused-ring (bicyclic) bond motifs is 2. The number of amides is 1. The largest absolute Gasteiger partial charge is 0.490 e. The number of rotatable bonds is 4. The quantitative estimate of drug-likeness (QED) is 0.455. The van der Waals surface area contributed by atoms with Gasteiger partial charge < -0.3 is 14.4 Å². The van der Waals surface area contributed by atoms with Gasteiger partial charge in [-0.1, -0.05) is 31.0 Å². The monoisotopic (exact) mass is 531 g/mol. The van der Waals surface area contributed by atoms with Crippen molar-refractivity contribution in [3.8, 4) is 17.4 Å². The third kappa shape index (κ3) is 7.18. The first kappa shape index (κ1) is 27.2. The smallest absolute Gasteiger partial charge is 0.223 e. The number of piperidine rings is 1. The molecule has 0 aliphatic carbocycles. The van der Waals surface area contributed by atoms with Crippen molar-refractivity contribution < 1.29 is 14.3 Å². The van der Waals surface area contributed by atoms with Crippen molar-refractivity contribution >= 4 is 5.91 Å². The van der Waals surface area contributed by atoms with Gasteiger partial charge in [0.05, 0.1) is 12.3 Å². The summed E-state index contributed by atoms with van der Waals surface area (Å²) in [5.74, 6) is 2.35. The average molecular weight is 532 g/mol. The normalized spacial score (nSPS) is 17.8. The molecule has 0 radical (unpaired) electrons. The number of pyridine rings is 1. The minimum Gasteiger partial charge on any atom is -0.490 e. The summed E-state index contributed by atoms with van der Waals surface area (Å²) in [5.41, 5.74) is 3.25. The Bertz CT molecular complexity index is 1230. The highest BCUT2D eigenvalue weighted by molar-refractivity contribution is 5.76. The van der Waals surface area contributed by atoms with Gasteiger partial charge in [-0.25, -0.2) is 4.98 Å². The van der Waals surface area contributed by atoms with Crippen molar-refractivity contribution in [1.29, 1.82) is 0 Å². The van der Waals surface area contributed by atoms with E-state index in [9.17, 15) is 4.79 Å². The molecule has 208 valence electrons. The maximum Gasteiger partial charge on any atom is 0.223 e. The Kier molecular flexibility index (Phi) is 9.14. The molecule has 3 aromatic rings. The summed E-state index contributed by atoms with van der Waals surface area (Å²) in [6, 6.07) is 12.4. The lowest BCUT2D eigenvalue weighted by atomic mass is 10.0. The Morgan fingerprint density at radius 3 is 2.59 bits per heavy atom. The number of aryl methyl sites for hydroxylation is 3. The van der Waals surface area contributed by atoms with Crippen molar-refractivity contribution in [2.24, 2.45) is 7.05 Å². The number of hydrogen-bond donors (Lipinski definition) is 0. The van der Waals surface area contributed by atoms with E-state index < -0.39 is 0 Å². The van der Waals surface area contributed by atoms with Gasteiger partial charge in [-0.3, -0.25) is 14.4 Å². The fraction of sp³-hybridized carbons (Fsp3) is 0.516. The van der Waals surface area contributed by atoms with Crippen LogP contribution in [0.3, 0.4) is 0 Å². The number of carbonyl (C=O) groups is 1. The molecule has 1 fully saturated rings. The molecule has 0 bridgehead atoms. The van der Waals surface area contributed by atoms with Crippen molar-refractivity contribution in [2.75, 3.05) is 26.2 Å². The minimum atomic E-state index is 0.251. The van der Waals surface area contributed by atoms with Gasteiger partial charge in [0, 0.05) is 57.1 Å². The number of carbonyl (C=O) groups excluding carboxylic acids is 1. The SMILES string of the molecule is Cc1nn(C)cc1CCC(=O)N1CCC(N2CCCCCCOc3ccccc3Oc3ncccc3C2)CC1. The molecule has 2 aliphatic rings. The van der Waals surface area contributed by atoms with Gasteiger partial charge in [0.2, 0.25) is 11.8 Å². The third-order valence-electron chi connectivity index (χ3n) is 7.93. The molecule has 8 heteroatoms. The summed E-state index contributed by atoms with van der Waals surface area (Å²) in [5, 5.41) is 4.40. The predicted octanol–water partition coefficient (Wildman–Crippen LogP) is 5.29. The molecule has 4 heterocycles. The molecule has 1 amide bonds. The fourth-order valence-corrected chi connectivity index (χ4v) is 5.73. The van der Waals surface area contributed by atoms with Gasteiger partial charge >= 0.3 is 0 Å². The van der Waals surface area contributed by atoms with E-state index in [0.717, 1.165) is 87.3 Å². The van der Waals surface area contributed by atoms with E-state index in [1.807, 2.05) is 55.2 Å². The van der Waals surface area contributed by atoms with Gasteiger partial charge in [0.15, 0.2) is 11.5 Å². The van der Waals surface area contributed by atoms with Crippen molar-refractivity contribution in [3.05, 3.63) is 65.6 Å². The van der Waals surface area contributed by atoms with E-state index in [2.05, 4.69) is 25.9 Å². The van der Waals surface area contributed by atoms with Gasteiger partial charge in [-0.05, 0) is 69.3 Å². The highest BCUT2D eigenvalue weighted by Gasteiger charge is 2.28. The van der Waals surface area contributed by atoms with Crippen LogP contribution in [0.15, 0.2) is 48.8 Å². The molecule has 0 atom stereocenters. The molecule has 0 saturated carbocycles. The highest BCUT2D eigenvalue weighted by Crippen LogP contribution is 2.33.